The van der Waals surface area contributed by atoms with Gasteiger partial charge in [0.05, 0.1) is 28.5 Å². The zero-order chi connectivity index (χ0) is 21.1. The quantitative estimate of drug-likeness (QED) is 0.662. The number of aromatic nitrogens is 2. The number of morpholine rings is 1. The summed E-state index contributed by atoms with van der Waals surface area (Å²) in [7, 11) is 0. The highest BCUT2D eigenvalue weighted by Crippen LogP contribution is 2.29. The molecule has 3 heterocycles. The molecule has 1 fully saturated rings. The van der Waals surface area contributed by atoms with Gasteiger partial charge >= 0.3 is 0 Å². The number of hydrogen-bond acceptors (Lipinski definition) is 5. The zero-order valence-electron chi connectivity index (χ0n) is 16.9. The van der Waals surface area contributed by atoms with Crippen LogP contribution in [0.1, 0.15) is 24.2 Å². The molecular weight excluding hydrogens is 400 g/mol. The van der Waals surface area contributed by atoms with Crippen molar-refractivity contribution in [1.82, 2.24) is 9.97 Å². The number of nitrogens with one attached hydrogen (secondary N) is 1. The fraction of sp³-hybridized carbons (Fsp3) is 0.261. The second kappa shape index (κ2) is 8.81. The topological polar surface area (TPSA) is 67.4 Å². The Hall–Kier alpha value is -2.96. The van der Waals surface area contributed by atoms with E-state index < -0.39 is 0 Å². The van der Waals surface area contributed by atoms with E-state index in [1.165, 1.54) is 0 Å². The average molecular weight is 423 g/mol. The molecule has 1 aromatic carbocycles. The Kier molecular flexibility index (Phi) is 5.97. The summed E-state index contributed by atoms with van der Waals surface area (Å²) >= 11 is 6.32. The van der Waals surface area contributed by atoms with E-state index in [0.717, 1.165) is 30.2 Å². The minimum atomic E-state index is -0.230. The monoisotopic (exact) mass is 422 g/mol. The number of rotatable bonds is 4. The van der Waals surface area contributed by atoms with Crippen LogP contribution in [0.25, 0.3) is 11.3 Å². The van der Waals surface area contributed by atoms with Crippen LogP contribution in [0.15, 0.2) is 60.9 Å². The first-order valence-electron chi connectivity index (χ1n) is 9.88. The average Bonchev–Trinajstić information content (AvgIpc) is 2.75. The van der Waals surface area contributed by atoms with Gasteiger partial charge in [-0.3, -0.25) is 9.78 Å². The lowest BCUT2D eigenvalue weighted by atomic mass is 10.1. The van der Waals surface area contributed by atoms with Gasteiger partial charge in [0.2, 0.25) is 0 Å². The lowest BCUT2D eigenvalue weighted by molar-refractivity contribution is -0.00546. The Morgan fingerprint density at radius 1 is 1.10 bits per heavy atom. The Bertz CT molecular complexity index is 1020. The van der Waals surface area contributed by atoms with E-state index in [-0.39, 0.29) is 18.1 Å². The molecule has 0 bridgehead atoms. The molecule has 2 aromatic heterocycles. The van der Waals surface area contributed by atoms with Crippen LogP contribution in [-0.2, 0) is 4.74 Å². The molecule has 2 unspecified atom stereocenters. The third-order valence-electron chi connectivity index (χ3n) is 4.92. The van der Waals surface area contributed by atoms with Crippen molar-refractivity contribution in [3.63, 3.8) is 0 Å². The van der Waals surface area contributed by atoms with Crippen molar-refractivity contribution in [3.8, 4) is 11.3 Å². The standard InChI is InChI=1S/C23H23ClN4O2/c1-15-13-28(14-16(2)30-15)22-9-6-17(12-26-22)23(29)27-18-7-8-20(24)19(11-18)21-5-3-4-10-25-21/h3-12,15-16H,13-14H2,1-2H3,(H,27,29). The van der Waals surface area contributed by atoms with Crippen molar-refractivity contribution in [3.05, 3.63) is 71.5 Å². The van der Waals surface area contributed by atoms with Crippen LogP contribution in [0.2, 0.25) is 5.02 Å². The van der Waals surface area contributed by atoms with Crippen LogP contribution < -0.4 is 10.2 Å². The molecule has 4 rings (SSSR count). The molecular formula is C23H23ClN4O2. The van der Waals surface area contributed by atoms with Crippen LogP contribution >= 0.6 is 11.6 Å². The maximum absolute atomic E-state index is 12.7. The van der Waals surface area contributed by atoms with Crippen molar-refractivity contribution in [1.29, 1.82) is 0 Å². The van der Waals surface area contributed by atoms with Gasteiger partial charge in [-0.15, -0.1) is 0 Å². The number of carbonyl (C=O) groups is 1. The largest absolute Gasteiger partial charge is 0.372 e. The molecule has 0 aliphatic carbocycles. The number of pyridine rings is 2. The highest BCUT2D eigenvalue weighted by Gasteiger charge is 2.23. The lowest BCUT2D eigenvalue weighted by Gasteiger charge is -2.36. The smallest absolute Gasteiger partial charge is 0.257 e. The van der Waals surface area contributed by atoms with Gasteiger partial charge in [0.1, 0.15) is 5.82 Å². The molecule has 1 aliphatic heterocycles. The van der Waals surface area contributed by atoms with Gasteiger partial charge in [0.25, 0.3) is 5.91 Å². The van der Waals surface area contributed by atoms with Crippen molar-refractivity contribution in [2.24, 2.45) is 0 Å². The molecule has 0 spiro atoms. The predicted octanol–water partition coefficient (Wildman–Crippen LogP) is 4.66. The number of benzene rings is 1. The van der Waals surface area contributed by atoms with Crippen LogP contribution in [0.5, 0.6) is 0 Å². The van der Waals surface area contributed by atoms with E-state index in [2.05, 4.69) is 34.0 Å². The van der Waals surface area contributed by atoms with Gasteiger partial charge in [0.15, 0.2) is 0 Å². The second-order valence-corrected chi connectivity index (χ2v) is 7.84. The van der Waals surface area contributed by atoms with Gasteiger partial charge in [0, 0.05) is 36.7 Å². The molecule has 1 aliphatic rings. The van der Waals surface area contributed by atoms with Gasteiger partial charge in [-0.1, -0.05) is 17.7 Å². The minimum Gasteiger partial charge on any atom is -0.372 e. The van der Waals surface area contributed by atoms with E-state index in [1.807, 2.05) is 30.3 Å². The maximum Gasteiger partial charge on any atom is 0.257 e. The van der Waals surface area contributed by atoms with Gasteiger partial charge in [-0.05, 0) is 56.3 Å². The fourth-order valence-electron chi connectivity index (χ4n) is 3.60. The Balaban J connectivity index is 1.48. The number of anilines is 2. The molecule has 30 heavy (non-hydrogen) atoms. The number of hydrogen-bond donors (Lipinski definition) is 1. The fourth-order valence-corrected chi connectivity index (χ4v) is 3.81. The van der Waals surface area contributed by atoms with E-state index in [9.17, 15) is 4.79 Å². The lowest BCUT2D eigenvalue weighted by Crippen LogP contribution is -2.45. The van der Waals surface area contributed by atoms with Crippen LogP contribution in [-0.4, -0.2) is 41.2 Å². The molecule has 1 saturated heterocycles. The molecule has 0 saturated carbocycles. The van der Waals surface area contributed by atoms with E-state index >= 15 is 0 Å². The maximum atomic E-state index is 12.7. The van der Waals surface area contributed by atoms with E-state index in [1.54, 1.807) is 30.6 Å². The molecule has 3 aromatic rings. The normalized spacial score (nSPS) is 18.8. The van der Waals surface area contributed by atoms with Crippen molar-refractivity contribution >= 4 is 29.0 Å². The number of ether oxygens (including phenoxy) is 1. The summed E-state index contributed by atoms with van der Waals surface area (Å²) < 4.78 is 5.77. The third kappa shape index (κ3) is 4.61. The summed E-state index contributed by atoms with van der Waals surface area (Å²) in [6.45, 7) is 5.67. The summed E-state index contributed by atoms with van der Waals surface area (Å²) in [5.74, 6) is 0.615. The molecule has 2 atom stereocenters. The molecule has 6 nitrogen and oxygen atoms in total. The van der Waals surface area contributed by atoms with Crippen molar-refractivity contribution < 1.29 is 9.53 Å². The SMILES string of the molecule is CC1CN(c2ccc(C(=O)Nc3ccc(Cl)c(-c4ccccn4)c3)cn2)CC(C)O1. The van der Waals surface area contributed by atoms with Crippen LogP contribution in [0.4, 0.5) is 11.5 Å². The number of amides is 1. The first kappa shape index (κ1) is 20.3. The molecule has 154 valence electrons. The molecule has 1 N–H and O–H groups in total. The van der Waals surface area contributed by atoms with Crippen LogP contribution in [0.3, 0.4) is 0 Å². The molecule has 1 amide bonds. The summed E-state index contributed by atoms with van der Waals surface area (Å²) in [5.41, 5.74) is 2.64. The first-order valence-corrected chi connectivity index (χ1v) is 10.3. The van der Waals surface area contributed by atoms with E-state index in [4.69, 9.17) is 16.3 Å². The second-order valence-electron chi connectivity index (χ2n) is 7.43. The predicted molar refractivity (Wildman–Crippen MR) is 119 cm³/mol. The number of nitrogens with zero attached hydrogens (tertiary/aromatic N) is 3. The Labute approximate surface area is 180 Å². The summed E-state index contributed by atoms with van der Waals surface area (Å²) in [5, 5.41) is 3.49. The summed E-state index contributed by atoms with van der Waals surface area (Å²) in [6, 6.07) is 14.6. The molecule has 0 radical (unpaired) electrons. The van der Waals surface area contributed by atoms with Crippen molar-refractivity contribution in [2.45, 2.75) is 26.1 Å². The van der Waals surface area contributed by atoms with Gasteiger partial charge < -0.3 is 15.0 Å². The minimum absolute atomic E-state index is 0.150. The highest BCUT2D eigenvalue weighted by atomic mass is 35.5. The zero-order valence-corrected chi connectivity index (χ0v) is 17.6. The van der Waals surface area contributed by atoms with Crippen LogP contribution in [0, 0.1) is 0 Å². The molecule has 7 heteroatoms. The van der Waals surface area contributed by atoms with Gasteiger partial charge in [-0.2, -0.15) is 0 Å². The third-order valence-corrected chi connectivity index (χ3v) is 5.25. The highest BCUT2D eigenvalue weighted by molar-refractivity contribution is 6.33. The Morgan fingerprint density at radius 3 is 2.57 bits per heavy atom. The number of carbonyl (C=O) groups excluding carboxylic acids is 1. The summed E-state index contributed by atoms with van der Waals surface area (Å²) in [4.78, 5) is 23.7. The van der Waals surface area contributed by atoms with E-state index in [0.29, 0.717) is 16.3 Å². The first-order chi connectivity index (χ1) is 14.5. The number of halogens is 1. The Morgan fingerprint density at radius 2 is 1.90 bits per heavy atom. The summed E-state index contributed by atoms with van der Waals surface area (Å²) in [6.07, 6.45) is 3.61. The van der Waals surface area contributed by atoms with Gasteiger partial charge in [-0.25, -0.2) is 4.98 Å². The van der Waals surface area contributed by atoms with Crippen molar-refractivity contribution in [2.75, 3.05) is 23.3 Å².